The number of carbonyl (C=O) groups excluding carboxylic acids is 2. The minimum Gasteiger partial charge on any atom is -0.481 e. The summed E-state index contributed by atoms with van der Waals surface area (Å²) in [5.41, 5.74) is 5.52. The van der Waals surface area contributed by atoms with Crippen molar-refractivity contribution in [1.82, 2.24) is 15.5 Å². The first kappa shape index (κ1) is 33.9. The van der Waals surface area contributed by atoms with Crippen LogP contribution in [-0.2, 0) is 32.2 Å². The molecule has 2 atom stereocenters. The van der Waals surface area contributed by atoms with Gasteiger partial charge in [-0.2, -0.15) is 0 Å². The summed E-state index contributed by atoms with van der Waals surface area (Å²) >= 11 is 0. The Labute approximate surface area is 287 Å². The zero-order valence-corrected chi connectivity index (χ0v) is 27.7. The van der Waals surface area contributed by atoms with Crippen molar-refractivity contribution in [2.45, 2.75) is 62.9 Å². The SMILES string of the molecule is CC(OCc1ccccc1)C(NC(=O)OCC1c2ccccc2-c2ccccc21)C(=O)NC1(CC(=O)O)CCN(Cc2ccccc2)CC1. The molecule has 254 valence electrons. The number of hydrogen-bond acceptors (Lipinski definition) is 6. The first-order valence-corrected chi connectivity index (χ1v) is 16.9. The Morgan fingerprint density at radius 1 is 0.816 bits per heavy atom. The normalized spacial score (nSPS) is 16.5. The van der Waals surface area contributed by atoms with Gasteiger partial charge in [-0.3, -0.25) is 14.5 Å². The summed E-state index contributed by atoms with van der Waals surface area (Å²) in [5, 5.41) is 15.7. The van der Waals surface area contributed by atoms with Crippen molar-refractivity contribution < 1.29 is 29.0 Å². The van der Waals surface area contributed by atoms with Crippen LogP contribution >= 0.6 is 0 Å². The number of aliphatic carboxylic acids is 1. The summed E-state index contributed by atoms with van der Waals surface area (Å²) in [6.45, 7) is 4.03. The summed E-state index contributed by atoms with van der Waals surface area (Å²) in [5.74, 6) is -1.64. The number of nitrogens with one attached hydrogen (secondary N) is 2. The number of piperidine rings is 1. The molecule has 6 rings (SSSR count). The third-order valence-electron chi connectivity index (χ3n) is 9.66. The number of nitrogens with zero attached hydrogens (tertiary/aromatic N) is 1. The first-order chi connectivity index (χ1) is 23.8. The molecular weight excluding hydrogens is 618 g/mol. The van der Waals surface area contributed by atoms with E-state index in [2.05, 4.69) is 39.8 Å². The fraction of sp³-hybridized carbons (Fsp3) is 0.325. The number of fused-ring (bicyclic) bond motifs is 3. The van der Waals surface area contributed by atoms with Crippen LogP contribution in [0.3, 0.4) is 0 Å². The van der Waals surface area contributed by atoms with Crippen molar-refractivity contribution in [2.75, 3.05) is 19.7 Å². The highest BCUT2D eigenvalue weighted by molar-refractivity contribution is 5.87. The van der Waals surface area contributed by atoms with Gasteiger partial charge >= 0.3 is 12.1 Å². The van der Waals surface area contributed by atoms with Crippen LogP contribution in [0.1, 0.15) is 54.4 Å². The van der Waals surface area contributed by atoms with E-state index < -0.39 is 35.7 Å². The monoisotopic (exact) mass is 661 g/mol. The summed E-state index contributed by atoms with van der Waals surface area (Å²) < 4.78 is 11.9. The van der Waals surface area contributed by atoms with Crippen molar-refractivity contribution in [1.29, 1.82) is 0 Å². The number of carboxylic acids is 1. The van der Waals surface area contributed by atoms with E-state index in [0.717, 1.165) is 34.4 Å². The Kier molecular flexibility index (Phi) is 10.7. The standard InChI is InChI=1S/C40H43N3O6/c1-28(48-26-30-14-6-3-7-15-30)37(41-39(47)49-27-35-33-18-10-8-16-31(33)32-17-9-11-19-34(32)35)38(46)42-40(24-36(44)45)20-22-43(23-21-40)25-29-12-4-2-5-13-29/h2-19,28,35,37H,20-27H2,1H3,(H,41,47)(H,42,46)(H,44,45). The fourth-order valence-corrected chi connectivity index (χ4v) is 7.02. The summed E-state index contributed by atoms with van der Waals surface area (Å²) in [4.78, 5) is 41.8. The average Bonchev–Trinajstić information content (AvgIpc) is 3.43. The summed E-state index contributed by atoms with van der Waals surface area (Å²) in [6, 6.07) is 34.7. The molecule has 4 aromatic rings. The number of alkyl carbamates (subject to hydrolysis) is 1. The highest BCUT2D eigenvalue weighted by Crippen LogP contribution is 2.44. The molecule has 0 radical (unpaired) electrons. The molecule has 9 heteroatoms. The van der Waals surface area contributed by atoms with E-state index in [-0.39, 0.29) is 25.6 Å². The Bertz CT molecular complexity index is 1690. The number of benzene rings is 4. The van der Waals surface area contributed by atoms with Gasteiger partial charge in [0, 0.05) is 25.6 Å². The van der Waals surface area contributed by atoms with Gasteiger partial charge in [0.25, 0.3) is 0 Å². The molecule has 1 fully saturated rings. The molecule has 1 heterocycles. The first-order valence-electron chi connectivity index (χ1n) is 16.9. The molecule has 0 spiro atoms. The van der Waals surface area contributed by atoms with Gasteiger partial charge in [0.05, 0.1) is 24.7 Å². The second-order valence-corrected chi connectivity index (χ2v) is 13.1. The van der Waals surface area contributed by atoms with Crippen molar-refractivity contribution >= 4 is 18.0 Å². The highest BCUT2D eigenvalue weighted by atomic mass is 16.5. The quantitative estimate of drug-likeness (QED) is 0.158. The van der Waals surface area contributed by atoms with E-state index in [1.807, 2.05) is 84.9 Å². The number of hydrogen-bond donors (Lipinski definition) is 3. The van der Waals surface area contributed by atoms with Gasteiger partial charge in [0.2, 0.25) is 5.91 Å². The van der Waals surface area contributed by atoms with Crippen LogP contribution in [0.4, 0.5) is 4.79 Å². The second kappa shape index (κ2) is 15.5. The minimum atomic E-state index is -1.13. The molecule has 4 aromatic carbocycles. The largest absolute Gasteiger partial charge is 0.481 e. The van der Waals surface area contributed by atoms with E-state index >= 15 is 0 Å². The lowest BCUT2D eigenvalue weighted by Crippen LogP contribution is -2.62. The zero-order chi connectivity index (χ0) is 34.2. The van der Waals surface area contributed by atoms with Gasteiger partial charge < -0.3 is 25.2 Å². The molecule has 1 saturated heterocycles. The molecule has 0 bridgehead atoms. The van der Waals surface area contributed by atoms with Gasteiger partial charge in [-0.15, -0.1) is 0 Å². The van der Waals surface area contributed by atoms with Gasteiger partial charge in [-0.05, 0) is 53.1 Å². The maximum atomic E-state index is 14.1. The van der Waals surface area contributed by atoms with Crippen molar-refractivity contribution in [3.63, 3.8) is 0 Å². The Balaban J connectivity index is 1.15. The van der Waals surface area contributed by atoms with Crippen LogP contribution in [-0.4, -0.2) is 65.4 Å². The molecule has 2 amide bonds. The number of carbonyl (C=O) groups is 3. The predicted molar refractivity (Wildman–Crippen MR) is 187 cm³/mol. The van der Waals surface area contributed by atoms with Crippen LogP contribution in [0, 0.1) is 0 Å². The van der Waals surface area contributed by atoms with E-state index in [1.54, 1.807) is 6.92 Å². The van der Waals surface area contributed by atoms with Crippen molar-refractivity contribution in [3.05, 3.63) is 131 Å². The fourth-order valence-electron chi connectivity index (χ4n) is 7.02. The molecular formula is C40H43N3O6. The molecule has 1 aliphatic carbocycles. The van der Waals surface area contributed by atoms with E-state index in [4.69, 9.17) is 9.47 Å². The van der Waals surface area contributed by atoms with Gasteiger partial charge in [0.1, 0.15) is 12.6 Å². The zero-order valence-electron chi connectivity index (χ0n) is 27.7. The maximum Gasteiger partial charge on any atom is 0.407 e. The van der Waals surface area contributed by atoms with Gasteiger partial charge in [-0.25, -0.2) is 4.79 Å². The lowest BCUT2D eigenvalue weighted by atomic mass is 9.83. The molecule has 2 aliphatic rings. The van der Waals surface area contributed by atoms with E-state index in [1.165, 1.54) is 5.56 Å². The third kappa shape index (κ3) is 8.36. The van der Waals surface area contributed by atoms with Crippen molar-refractivity contribution in [3.8, 4) is 11.1 Å². The van der Waals surface area contributed by atoms with Crippen LogP contribution in [0.25, 0.3) is 11.1 Å². The van der Waals surface area contributed by atoms with Crippen LogP contribution in [0.2, 0.25) is 0 Å². The number of rotatable bonds is 13. The van der Waals surface area contributed by atoms with Crippen molar-refractivity contribution in [2.24, 2.45) is 0 Å². The summed E-state index contributed by atoms with van der Waals surface area (Å²) in [6.07, 6.45) is -0.818. The lowest BCUT2D eigenvalue weighted by molar-refractivity contribution is -0.140. The molecule has 3 N–H and O–H groups in total. The van der Waals surface area contributed by atoms with Gasteiger partial charge in [0.15, 0.2) is 0 Å². The number of likely N-dealkylation sites (tertiary alicyclic amines) is 1. The Hall–Kier alpha value is -4.99. The third-order valence-corrected chi connectivity index (χ3v) is 9.66. The van der Waals surface area contributed by atoms with Crippen LogP contribution in [0.5, 0.6) is 0 Å². The van der Waals surface area contributed by atoms with Crippen LogP contribution < -0.4 is 10.6 Å². The Morgan fingerprint density at radius 2 is 1.37 bits per heavy atom. The molecule has 1 aliphatic heterocycles. The molecule has 0 aromatic heterocycles. The summed E-state index contributed by atoms with van der Waals surface area (Å²) in [7, 11) is 0. The number of ether oxygens (including phenoxy) is 2. The van der Waals surface area contributed by atoms with E-state index in [0.29, 0.717) is 25.9 Å². The molecule has 2 unspecified atom stereocenters. The molecule has 9 nitrogen and oxygen atoms in total. The molecule has 49 heavy (non-hydrogen) atoms. The number of carboxylic acid groups (broad SMARTS) is 1. The molecule has 0 saturated carbocycles. The average molecular weight is 662 g/mol. The Morgan fingerprint density at radius 3 is 1.96 bits per heavy atom. The predicted octanol–water partition coefficient (Wildman–Crippen LogP) is 6.12. The van der Waals surface area contributed by atoms with Gasteiger partial charge in [-0.1, -0.05) is 109 Å². The lowest BCUT2D eigenvalue weighted by Gasteiger charge is -2.42. The van der Waals surface area contributed by atoms with Crippen LogP contribution in [0.15, 0.2) is 109 Å². The smallest absolute Gasteiger partial charge is 0.407 e. The topological polar surface area (TPSA) is 117 Å². The highest BCUT2D eigenvalue weighted by Gasteiger charge is 2.41. The number of amides is 2. The second-order valence-electron chi connectivity index (χ2n) is 13.1. The maximum absolute atomic E-state index is 14.1. The minimum absolute atomic E-state index is 0.0909. The van der Waals surface area contributed by atoms with E-state index in [9.17, 15) is 19.5 Å².